The summed E-state index contributed by atoms with van der Waals surface area (Å²) in [6.45, 7) is 1.81. The van der Waals surface area contributed by atoms with E-state index < -0.39 is 23.4 Å². The molecule has 2 aliphatic carbocycles. The molecule has 1 spiro atoms. The van der Waals surface area contributed by atoms with Crippen LogP contribution < -0.4 is 10.6 Å². The number of nitrogens with zero attached hydrogens (tertiary/aromatic N) is 2. The van der Waals surface area contributed by atoms with Crippen molar-refractivity contribution in [2.24, 2.45) is 5.92 Å². The van der Waals surface area contributed by atoms with Crippen LogP contribution in [-0.2, 0) is 34.4 Å². The van der Waals surface area contributed by atoms with E-state index in [2.05, 4.69) is 23.6 Å². The normalized spacial score (nSPS) is 24.0. The Balaban J connectivity index is 1.35. The number of nitrogens with one attached hydrogen (secondary N) is 2. The Morgan fingerprint density at radius 2 is 2.16 bits per heavy atom. The van der Waals surface area contributed by atoms with Crippen LogP contribution in [0.25, 0.3) is 0 Å². The summed E-state index contributed by atoms with van der Waals surface area (Å²) in [4.78, 5) is 40.7. The number of hydrogen-bond donors (Lipinski definition) is 2. The van der Waals surface area contributed by atoms with Crippen LogP contribution in [0.15, 0.2) is 24.3 Å². The van der Waals surface area contributed by atoms with Crippen molar-refractivity contribution < 1.29 is 14.4 Å². The summed E-state index contributed by atoms with van der Waals surface area (Å²) < 4.78 is 0. The Morgan fingerprint density at radius 1 is 1.35 bits per heavy atom. The minimum atomic E-state index is -1.08. The molecular weight excluding hydrogens is 412 g/mol. The van der Waals surface area contributed by atoms with E-state index in [1.165, 1.54) is 11.3 Å². The van der Waals surface area contributed by atoms with Crippen molar-refractivity contribution in [1.29, 1.82) is 5.26 Å². The van der Waals surface area contributed by atoms with E-state index in [9.17, 15) is 19.6 Å². The molecule has 31 heavy (non-hydrogen) atoms. The number of amides is 4. The lowest BCUT2D eigenvalue weighted by Crippen LogP contribution is -2.42. The van der Waals surface area contributed by atoms with Crippen molar-refractivity contribution in [2.45, 2.75) is 44.6 Å². The molecule has 8 heteroatoms. The molecule has 3 aliphatic rings. The van der Waals surface area contributed by atoms with Gasteiger partial charge in [-0.25, -0.2) is 4.79 Å². The largest absolute Gasteiger partial charge is 0.325 e. The molecular formula is C23H22N4O3S. The molecule has 2 atom stereocenters. The fourth-order valence-corrected chi connectivity index (χ4v) is 6.38. The maximum atomic E-state index is 13.2. The number of nitriles is 1. The molecule has 1 fully saturated rings. The van der Waals surface area contributed by atoms with Crippen molar-refractivity contribution in [3.63, 3.8) is 0 Å². The average molecular weight is 435 g/mol. The number of benzene rings is 1. The van der Waals surface area contributed by atoms with Crippen LogP contribution in [0.5, 0.6) is 0 Å². The summed E-state index contributed by atoms with van der Waals surface area (Å²) in [5.41, 5.74) is 2.31. The second-order valence-electron chi connectivity index (χ2n) is 8.60. The van der Waals surface area contributed by atoms with Crippen molar-refractivity contribution in [1.82, 2.24) is 10.2 Å². The highest BCUT2D eigenvalue weighted by Gasteiger charge is 2.55. The first-order valence-electron chi connectivity index (χ1n) is 10.5. The molecule has 1 saturated heterocycles. The van der Waals surface area contributed by atoms with Crippen molar-refractivity contribution in [2.75, 3.05) is 11.9 Å². The number of fused-ring (bicyclic) bond motifs is 3. The fourth-order valence-electron chi connectivity index (χ4n) is 5.00. The third kappa shape index (κ3) is 3.03. The first-order chi connectivity index (χ1) is 14.9. The van der Waals surface area contributed by atoms with Crippen LogP contribution >= 0.6 is 11.3 Å². The number of imide groups is 1. The van der Waals surface area contributed by atoms with Gasteiger partial charge in [0.2, 0.25) is 5.91 Å². The van der Waals surface area contributed by atoms with Crippen molar-refractivity contribution in [3.8, 4) is 6.07 Å². The van der Waals surface area contributed by atoms with Crippen LogP contribution in [0.3, 0.4) is 0 Å². The molecule has 2 N–H and O–H groups in total. The Labute approximate surface area is 184 Å². The number of carbonyl (C=O) groups excluding carboxylic acids is 3. The zero-order valence-corrected chi connectivity index (χ0v) is 18.0. The van der Waals surface area contributed by atoms with Gasteiger partial charge in [0.15, 0.2) is 0 Å². The summed E-state index contributed by atoms with van der Waals surface area (Å²) in [5, 5.41) is 15.7. The van der Waals surface area contributed by atoms with Crippen LogP contribution in [0.2, 0.25) is 0 Å². The lowest BCUT2D eigenvalue weighted by molar-refractivity contribution is -0.134. The van der Waals surface area contributed by atoms with E-state index in [1.54, 1.807) is 0 Å². The van der Waals surface area contributed by atoms with Gasteiger partial charge in [0.25, 0.3) is 5.91 Å². The van der Waals surface area contributed by atoms with Crippen molar-refractivity contribution in [3.05, 3.63) is 51.4 Å². The maximum Gasteiger partial charge on any atom is 0.325 e. The predicted octanol–water partition coefficient (Wildman–Crippen LogP) is 3.08. The molecule has 5 rings (SSSR count). The van der Waals surface area contributed by atoms with Crippen LogP contribution in [0.4, 0.5) is 9.80 Å². The summed E-state index contributed by atoms with van der Waals surface area (Å²) in [7, 11) is 0. The molecule has 2 aromatic rings. The molecule has 1 aliphatic heterocycles. The van der Waals surface area contributed by atoms with Gasteiger partial charge in [-0.3, -0.25) is 14.5 Å². The first-order valence-corrected chi connectivity index (χ1v) is 11.3. The number of carbonyl (C=O) groups is 3. The zero-order chi connectivity index (χ0) is 21.8. The lowest BCUT2D eigenvalue weighted by atomic mass is 9.89. The zero-order valence-electron chi connectivity index (χ0n) is 17.2. The highest BCUT2D eigenvalue weighted by molar-refractivity contribution is 7.16. The number of thiophene rings is 1. The molecule has 2 heterocycles. The van der Waals surface area contributed by atoms with Crippen molar-refractivity contribution >= 4 is 34.2 Å². The molecule has 1 aromatic heterocycles. The van der Waals surface area contributed by atoms with E-state index in [-0.39, 0.29) is 6.54 Å². The fraction of sp³-hybridized carbons (Fsp3) is 0.391. The number of hydrogen-bond acceptors (Lipinski definition) is 5. The Bertz CT molecular complexity index is 1160. The monoisotopic (exact) mass is 434 g/mol. The third-order valence-corrected chi connectivity index (χ3v) is 7.77. The lowest BCUT2D eigenvalue weighted by Gasteiger charge is -2.22. The molecule has 0 radical (unpaired) electrons. The maximum absolute atomic E-state index is 13.2. The number of aryl methyl sites for hydroxylation is 1. The van der Waals surface area contributed by atoms with Gasteiger partial charge < -0.3 is 10.6 Å². The second kappa shape index (κ2) is 7.20. The third-order valence-electron chi connectivity index (χ3n) is 6.60. The summed E-state index contributed by atoms with van der Waals surface area (Å²) in [6.07, 6.45) is 3.95. The van der Waals surface area contributed by atoms with Gasteiger partial charge in [-0.15, -0.1) is 11.3 Å². The molecule has 0 unspecified atom stereocenters. The van der Waals surface area contributed by atoms with Gasteiger partial charge in [-0.2, -0.15) is 5.26 Å². The number of anilines is 1. The van der Waals surface area contributed by atoms with Gasteiger partial charge >= 0.3 is 6.03 Å². The minimum Gasteiger partial charge on any atom is -0.319 e. The standard InChI is InChI=1S/C23H22N4O3S/c1-13-6-7-15-16(11-24)20(31-18(15)10-13)25-19(28)12-27-21(29)23(26-22(27)30)9-8-14-4-2-3-5-17(14)23/h2-5,13H,6-10,12H2,1H3,(H,25,28)(H,26,30)/t13-,23+/m1/s1. The molecule has 4 amide bonds. The van der Waals surface area contributed by atoms with Gasteiger partial charge in [0.1, 0.15) is 23.2 Å². The second-order valence-corrected chi connectivity index (χ2v) is 9.70. The Kier molecular flexibility index (Phi) is 4.59. The van der Waals surface area contributed by atoms with E-state index in [1.807, 2.05) is 24.3 Å². The summed E-state index contributed by atoms with van der Waals surface area (Å²) in [6, 6.07) is 9.25. The highest BCUT2D eigenvalue weighted by Crippen LogP contribution is 2.42. The van der Waals surface area contributed by atoms with Gasteiger partial charge in [0.05, 0.1) is 5.56 Å². The first kappa shape index (κ1) is 19.8. The van der Waals surface area contributed by atoms with Gasteiger partial charge in [0, 0.05) is 4.88 Å². The SMILES string of the molecule is C[C@@H]1CCc2c(sc(NC(=O)CN3C(=O)N[C@]4(CCc5ccccc54)C3=O)c2C#N)C1. The van der Waals surface area contributed by atoms with E-state index in [0.29, 0.717) is 29.3 Å². The molecule has 7 nitrogen and oxygen atoms in total. The molecule has 0 saturated carbocycles. The quantitative estimate of drug-likeness (QED) is 0.725. The van der Waals surface area contributed by atoms with E-state index in [0.717, 1.165) is 45.7 Å². The average Bonchev–Trinajstić information content (AvgIpc) is 3.36. The molecule has 1 aromatic carbocycles. The topological polar surface area (TPSA) is 102 Å². The number of rotatable bonds is 3. The van der Waals surface area contributed by atoms with Crippen LogP contribution in [0.1, 0.15) is 46.9 Å². The number of urea groups is 1. The predicted molar refractivity (Wildman–Crippen MR) is 116 cm³/mol. The summed E-state index contributed by atoms with van der Waals surface area (Å²) >= 11 is 1.43. The van der Waals surface area contributed by atoms with E-state index >= 15 is 0 Å². The Morgan fingerprint density at radius 3 is 2.97 bits per heavy atom. The minimum absolute atomic E-state index is 0.377. The van der Waals surface area contributed by atoms with Crippen LogP contribution in [-0.4, -0.2) is 29.3 Å². The van der Waals surface area contributed by atoms with Gasteiger partial charge in [-0.1, -0.05) is 31.2 Å². The van der Waals surface area contributed by atoms with Crippen LogP contribution in [0, 0.1) is 17.2 Å². The van der Waals surface area contributed by atoms with Gasteiger partial charge in [-0.05, 0) is 54.7 Å². The smallest absolute Gasteiger partial charge is 0.319 e. The molecule has 0 bridgehead atoms. The van der Waals surface area contributed by atoms with E-state index in [4.69, 9.17) is 0 Å². The Hall–Kier alpha value is -3.18. The summed E-state index contributed by atoms with van der Waals surface area (Å²) in [5.74, 6) is -0.315. The molecule has 158 valence electrons. The highest BCUT2D eigenvalue weighted by atomic mass is 32.1.